The van der Waals surface area contributed by atoms with Crippen LogP contribution in [0.1, 0.15) is 11.5 Å². The van der Waals surface area contributed by atoms with Crippen LogP contribution in [0.3, 0.4) is 0 Å². The van der Waals surface area contributed by atoms with Crippen molar-refractivity contribution in [3.05, 3.63) is 16.4 Å². The lowest BCUT2D eigenvalue weighted by atomic mass is 10.2. The molecule has 9 heteroatoms. The van der Waals surface area contributed by atoms with Crippen molar-refractivity contribution < 1.29 is 9.32 Å². The van der Waals surface area contributed by atoms with E-state index < -0.39 is 5.91 Å². The molecular formula is C9H9N5O3S. The molecule has 0 saturated heterocycles. The summed E-state index contributed by atoms with van der Waals surface area (Å²) < 4.78 is 5.02. The van der Waals surface area contributed by atoms with Gasteiger partial charge in [0.15, 0.2) is 5.82 Å². The van der Waals surface area contributed by atoms with Gasteiger partial charge in [-0.2, -0.15) is 0 Å². The lowest BCUT2D eigenvalue weighted by molar-refractivity contribution is -0.115. The van der Waals surface area contributed by atoms with Gasteiger partial charge < -0.3 is 4.52 Å². The van der Waals surface area contributed by atoms with E-state index in [1.165, 1.54) is 0 Å². The number of amides is 1. The van der Waals surface area contributed by atoms with Gasteiger partial charge in [0.05, 0.1) is 17.0 Å². The molecule has 2 heterocycles. The van der Waals surface area contributed by atoms with E-state index in [4.69, 9.17) is 4.52 Å². The Labute approximate surface area is 106 Å². The standard InChI is InChI=1S/C9H9N5O3S/c1-4-7(5(2)17-14-4)8-10-9(12-11-8)18-3-6(15)13-16/h3H2,1-2H3,(H,10,11,12). The van der Waals surface area contributed by atoms with Gasteiger partial charge in [-0.1, -0.05) is 16.9 Å². The monoisotopic (exact) mass is 267 g/mol. The molecule has 0 unspecified atom stereocenters. The van der Waals surface area contributed by atoms with Crippen molar-refractivity contribution in [1.82, 2.24) is 20.3 Å². The normalized spacial score (nSPS) is 10.6. The van der Waals surface area contributed by atoms with E-state index in [0.717, 1.165) is 17.3 Å². The minimum Gasteiger partial charge on any atom is -0.361 e. The minimum absolute atomic E-state index is 0.0810. The third-order valence-electron chi connectivity index (χ3n) is 2.16. The van der Waals surface area contributed by atoms with Crippen molar-refractivity contribution in [2.24, 2.45) is 5.18 Å². The molecule has 8 nitrogen and oxygen atoms in total. The molecule has 2 rings (SSSR count). The summed E-state index contributed by atoms with van der Waals surface area (Å²) in [6.07, 6.45) is 0. The average Bonchev–Trinajstić information content (AvgIpc) is 2.93. The summed E-state index contributed by atoms with van der Waals surface area (Å²) in [5.41, 5.74) is 1.44. The Bertz CT molecular complexity index is 571. The number of carbonyl (C=O) groups excluding carboxylic acids is 1. The molecule has 0 aliphatic heterocycles. The molecule has 0 bridgehead atoms. The van der Waals surface area contributed by atoms with Crippen LogP contribution in [0.15, 0.2) is 14.9 Å². The van der Waals surface area contributed by atoms with Gasteiger partial charge in [-0.15, -0.1) is 10.0 Å². The van der Waals surface area contributed by atoms with E-state index in [-0.39, 0.29) is 5.75 Å². The van der Waals surface area contributed by atoms with Crippen LogP contribution in [-0.2, 0) is 4.79 Å². The third kappa shape index (κ3) is 2.45. The van der Waals surface area contributed by atoms with Crippen LogP contribution in [0.5, 0.6) is 0 Å². The molecule has 0 aliphatic carbocycles. The van der Waals surface area contributed by atoms with Gasteiger partial charge in [-0.05, 0) is 13.8 Å². The van der Waals surface area contributed by atoms with Crippen LogP contribution in [0, 0.1) is 18.8 Å². The number of nitrogens with one attached hydrogen (secondary N) is 1. The van der Waals surface area contributed by atoms with Crippen LogP contribution in [0.4, 0.5) is 0 Å². The van der Waals surface area contributed by atoms with Gasteiger partial charge in [0.2, 0.25) is 5.16 Å². The summed E-state index contributed by atoms with van der Waals surface area (Å²) in [4.78, 5) is 24.8. The van der Waals surface area contributed by atoms with Crippen molar-refractivity contribution in [3.8, 4) is 11.4 Å². The molecule has 2 aromatic heterocycles. The largest absolute Gasteiger partial charge is 0.361 e. The molecule has 0 fully saturated rings. The number of hydrogen-bond donors (Lipinski definition) is 1. The average molecular weight is 267 g/mol. The Balaban J connectivity index is 2.16. The molecule has 0 saturated carbocycles. The van der Waals surface area contributed by atoms with E-state index in [1.807, 2.05) is 0 Å². The Hall–Kier alpha value is -2.03. The molecule has 0 atom stereocenters. The highest BCUT2D eigenvalue weighted by atomic mass is 32.2. The molecule has 2 aromatic rings. The number of aryl methyl sites for hydroxylation is 2. The predicted molar refractivity (Wildman–Crippen MR) is 62.9 cm³/mol. The first-order chi connectivity index (χ1) is 8.61. The Morgan fingerprint density at radius 3 is 2.89 bits per heavy atom. The van der Waals surface area contributed by atoms with Gasteiger partial charge in [-0.25, -0.2) is 4.98 Å². The molecule has 94 valence electrons. The number of rotatable bonds is 4. The molecule has 0 spiro atoms. The molecule has 1 amide bonds. The fourth-order valence-electron chi connectivity index (χ4n) is 1.40. The zero-order valence-electron chi connectivity index (χ0n) is 9.63. The Morgan fingerprint density at radius 2 is 2.28 bits per heavy atom. The lowest BCUT2D eigenvalue weighted by Gasteiger charge is -1.91. The van der Waals surface area contributed by atoms with Crippen LogP contribution in [0.2, 0.25) is 0 Å². The fraction of sp³-hybridized carbons (Fsp3) is 0.333. The maximum Gasteiger partial charge on any atom is 0.296 e. The number of nitroso groups, excluding NO2 is 1. The van der Waals surface area contributed by atoms with Gasteiger partial charge in [0, 0.05) is 5.18 Å². The highest BCUT2D eigenvalue weighted by molar-refractivity contribution is 7.99. The number of aromatic nitrogens is 4. The topological polar surface area (TPSA) is 114 Å². The fourth-order valence-corrected chi connectivity index (χ4v) is 1.97. The van der Waals surface area contributed by atoms with Gasteiger partial charge >= 0.3 is 0 Å². The molecule has 0 radical (unpaired) electrons. The maximum atomic E-state index is 10.7. The Kier molecular flexibility index (Phi) is 3.51. The SMILES string of the molecule is Cc1noc(C)c1-c1nc(SCC(=O)N=O)n[nH]1. The number of nitrogens with zero attached hydrogens (tertiary/aromatic N) is 4. The molecular weight excluding hydrogens is 258 g/mol. The van der Waals surface area contributed by atoms with Crippen molar-refractivity contribution in [2.75, 3.05) is 5.75 Å². The second-order valence-electron chi connectivity index (χ2n) is 3.44. The quantitative estimate of drug-likeness (QED) is 0.658. The summed E-state index contributed by atoms with van der Waals surface area (Å²) in [5, 5.41) is 13.1. The summed E-state index contributed by atoms with van der Waals surface area (Å²) in [6.45, 7) is 3.56. The van der Waals surface area contributed by atoms with Crippen LogP contribution < -0.4 is 0 Å². The van der Waals surface area contributed by atoms with E-state index in [1.54, 1.807) is 13.8 Å². The highest BCUT2D eigenvalue weighted by Gasteiger charge is 2.16. The highest BCUT2D eigenvalue weighted by Crippen LogP contribution is 2.25. The zero-order chi connectivity index (χ0) is 13.1. The lowest BCUT2D eigenvalue weighted by Crippen LogP contribution is -1.95. The molecule has 0 aromatic carbocycles. The molecule has 18 heavy (non-hydrogen) atoms. The number of aromatic amines is 1. The van der Waals surface area contributed by atoms with E-state index in [0.29, 0.717) is 22.4 Å². The molecule has 1 N–H and O–H groups in total. The van der Waals surface area contributed by atoms with E-state index >= 15 is 0 Å². The maximum absolute atomic E-state index is 10.7. The van der Waals surface area contributed by atoms with Gasteiger partial charge in [0.1, 0.15) is 5.76 Å². The first kappa shape index (κ1) is 12.4. The minimum atomic E-state index is -0.747. The van der Waals surface area contributed by atoms with Crippen LogP contribution >= 0.6 is 11.8 Å². The predicted octanol–water partition coefficient (Wildman–Crippen LogP) is 1.46. The van der Waals surface area contributed by atoms with Crippen LogP contribution in [0.25, 0.3) is 11.4 Å². The van der Waals surface area contributed by atoms with E-state index in [2.05, 4.69) is 25.5 Å². The van der Waals surface area contributed by atoms with Gasteiger partial charge in [-0.3, -0.25) is 9.89 Å². The number of thioether (sulfide) groups is 1. The second-order valence-corrected chi connectivity index (χ2v) is 4.38. The summed E-state index contributed by atoms with van der Waals surface area (Å²) >= 11 is 1.04. The van der Waals surface area contributed by atoms with E-state index in [9.17, 15) is 9.70 Å². The van der Waals surface area contributed by atoms with Crippen molar-refractivity contribution in [3.63, 3.8) is 0 Å². The smallest absolute Gasteiger partial charge is 0.296 e. The van der Waals surface area contributed by atoms with Crippen LogP contribution in [-0.4, -0.2) is 32.0 Å². The number of hydrogen-bond acceptors (Lipinski definition) is 7. The van der Waals surface area contributed by atoms with Crippen molar-refractivity contribution >= 4 is 17.7 Å². The first-order valence-corrected chi connectivity index (χ1v) is 5.95. The summed E-state index contributed by atoms with van der Waals surface area (Å²) in [5.74, 6) is 0.317. The zero-order valence-corrected chi connectivity index (χ0v) is 10.4. The molecule has 0 aliphatic rings. The van der Waals surface area contributed by atoms with Crippen molar-refractivity contribution in [1.29, 1.82) is 0 Å². The van der Waals surface area contributed by atoms with Crippen molar-refractivity contribution in [2.45, 2.75) is 19.0 Å². The Morgan fingerprint density at radius 1 is 1.50 bits per heavy atom. The summed E-state index contributed by atoms with van der Waals surface area (Å²) in [7, 11) is 0. The second kappa shape index (κ2) is 5.08. The first-order valence-electron chi connectivity index (χ1n) is 4.96. The summed E-state index contributed by atoms with van der Waals surface area (Å²) in [6, 6.07) is 0. The third-order valence-corrected chi connectivity index (χ3v) is 2.99. The number of H-pyrrole nitrogens is 1. The van der Waals surface area contributed by atoms with Gasteiger partial charge in [0.25, 0.3) is 5.91 Å². The number of carbonyl (C=O) groups is 1.